The van der Waals surface area contributed by atoms with Gasteiger partial charge in [0.15, 0.2) is 0 Å². The molecule has 2 atom stereocenters. The van der Waals surface area contributed by atoms with Gasteiger partial charge in [0.25, 0.3) is 0 Å². The summed E-state index contributed by atoms with van der Waals surface area (Å²) in [6.45, 7) is 7.49. The lowest BCUT2D eigenvalue weighted by Crippen LogP contribution is -2.43. The highest BCUT2D eigenvalue weighted by molar-refractivity contribution is 5.81. The molecule has 1 aliphatic heterocycles. The summed E-state index contributed by atoms with van der Waals surface area (Å²) in [6, 6.07) is 6.73. The maximum atomic E-state index is 12.3. The molecule has 2 unspecified atom stereocenters. The van der Waals surface area contributed by atoms with Gasteiger partial charge in [-0.05, 0) is 38.8 Å². The van der Waals surface area contributed by atoms with Crippen molar-refractivity contribution in [1.29, 1.82) is 0 Å². The van der Waals surface area contributed by atoms with Crippen LogP contribution in [-0.4, -0.2) is 46.4 Å². The highest BCUT2D eigenvalue weighted by Gasteiger charge is 2.42. The van der Waals surface area contributed by atoms with Crippen molar-refractivity contribution in [3.8, 4) is 5.75 Å². The van der Waals surface area contributed by atoms with Crippen molar-refractivity contribution in [2.75, 3.05) is 6.54 Å². The van der Waals surface area contributed by atoms with Gasteiger partial charge in [-0.3, -0.25) is 4.90 Å². The molecule has 0 spiro atoms. The Hall–Kier alpha value is -2.24. The first-order chi connectivity index (χ1) is 11.2. The number of carboxylic acid groups (broad SMARTS) is 1. The number of nitrogens with zero attached hydrogens (tertiary/aromatic N) is 1. The molecule has 0 aromatic heterocycles. The largest absolute Gasteiger partial charge is 0.488 e. The van der Waals surface area contributed by atoms with Gasteiger partial charge in [0.2, 0.25) is 0 Å². The summed E-state index contributed by atoms with van der Waals surface area (Å²) >= 11 is 0. The number of para-hydroxylation sites is 1. The fourth-order valence-corrected chi connectivity index (χ4v) is 2.73. The van der Waals surface area contributed by atoms with Gasteiger partial charge >= 0.3 is 12.1 Å². The summed E-state index contributed by atoms with van der Waals surface area (Å²) in [6.07, 6.45) is 0.0734. The van der Waals surface area contributed by atoms with Gasteiger partial charge in [0.1, 0.15) is 23.5 Å². The number of aryl methyl sites for hydroxylation is 1. The lowest BCUT2D eigenvalue weighted by Gasteiger charge is -2.26. The van der Waals surface area contributed by atoms with Crippen LogP contribution in [0.5, 0.6) is 5.75 Å². The normalized spacial score (nSPS) is 20.8. The van der Waals surface area contributed by atoms with Crippen LogP contribution in [-0.2, 0) is 16.0 Å². The Labute approximate surface area is 142 Å². The standard InChI is InChI=1S/C18H25NO5/c1-5-12-8-6-7-9-15(12)23-13-10-14(16(20)21)19(11-13)17(22)24-18(2,3)4/h6-9,13-14H,5,10-11H2,1-4H3,(H,20,21). The number of likely N-dealkylation sites (tertiary alicyclic amines) is 1. The predicted octanol–water partition coefficient (Wildman–Crippen LogP) is 3.09. The van der Waals surface area contributed by atoms with Crippen molar-refractivity contribution in [2.45, 2.75) is 58.3 Å². The summed E-state index contributed by atoms with van der Waals surface area (Å²) in [5.41, 5.74) is 0.383. The van der Waals surface area contributed by atoms with Crippen molar-refractivity contribution in [2.24, 2.45) is 0 Å². The minimum absolute atomic E-state index is 0.198. The zero-order valence-electron chi connectivity index (χ0n) is 14.6. The number of amides is 1. The van der Waals surface area contributed by atoms with E-state index in [0.717, 1.165) is 17.7 Å². The first-order valence-electron chi connectivity index (χ1n) is 8.18. The number of hydrogen-bond donors (Lipinski definition) is 1. The summed E-state index contributed by atoms with van der Waals surface area (Å²) in [5.74, 6) is -0.309. The fourth-order valence-electron chi connectivity index (χ4n) is 2.73. The first-order valence-corrected chi connectivity index (χ1v) is 8.18. The Balaban J connectivity index is 2.12. The second-order valence-corrected chi connectivity index (χ2v) is 6.92. The number of rotatable bonds is 4. The zero-order valence-corrected chi connectivity index (χ0v) is 14.6. The molecule has 1 amide bonds. The molecule has 1 aromatic rings. The van der Waals surface area contributed by atoms with Crippen molar-refractivity contribution >= 4 is 12.1 Å². The third kappa shape index (κ3) is 4.40. The number of carboxylic acids is 1. The third-order valence-electron chi connectivity index (χ3n) is 3.82. The molecule has 24 heavy (non-hydrogen) atoms. The molecule has 1 fully saturated rings. The Morgan fingerprint density at radius 3 is 2.54 bits per heavy atom. The van der Waals surface area contributed by atoms with E-state index in [1.165, 1.54) is 4.90 Å². The first kappa shape index (κ1) is 18.1. The van der Waals surface area contributed by atoms with E-state index < -0.39 is 23.7 Å². The lowest BCUT2D eigenvalue weighted by atomic mass is 10.1. The van der Waals surface area contributed by atoms with Crippen LogP contribution in [0.3, 0.4) is 0 Å². The Kier molecular flexibility index (Phi) is 5.36. The van der Waals surface area contributed by atoms with E-state index in [2.05, 4.69) is 0 Å². The summed E-state index contributed by atoms with van der Waals surface area (Å²) in [7, 11) is 0. The second-order valence-electron chi connectivity index (χ2n) is 6.92. The highest BCUT2D eigenvalue weighted by atomic mass is 16.6. The zero-order chi connectivity index (χ0) is 17.9. The van der Waals surface area contributed by atoms with Crippen LogP contribution in [0.15, 0.2) is 24.3 Å². The van der Waals surface area contributed by atoms with Crippen molar-refractivity contribution in [3.63, 3.8) is 0 Å². The molecule has 6 nitrogen and oxygen atoms in total. The molecule has 2 rings (SSSR count). The Morgan fingerprint density at radius 1 is 1.29 bits per heavy atom. The van der Waals surface area contributed by atoms with Crippen LogP contribution in [0.25, 0.3) is 0 Å². The summed E-state index contributed by atoms with van der Waals surface area (Å²) < 4.78 is 11.3. The summed E-state index contributed by atoms with van der Waals surface area (Å²) in [4.78, 5) is 25.0. The maximum absolute atomic E-state index is 12.3. The monoisotopic (exact) mass is 335 g/mol. The van der Waals surface area contributed by atoms with Crippen LogP contribution in [0.1, 0.15) is 39.7 Å². The molecule has 1 aromatic carbocycles. The predicted molar refractivity (Wildman–Crippen MR) is 89.2 cm³/mol. The van der Waals surface area contributed by atoms with Gasteiger partial charge in [-0.1, -0.05) is 25.1 Å². The quantitative estimate of drug-likeness (QED) is 0.915. The van der Waals surface area contributed by atoms with E-state index in [4.69, 9.17) is 9.47 Å². The molecule has 1 saturated heterocycles. The minimum atomic E-state index is -1.05. The van der Waals surface area contributed by atoms with E-state index in [0.29, 0.717) is 0 Å². The van der Waals surface area contributed by atoms with Gasteiger partial charge in [-0.2, -0.15) is 0 Å². The van der Waals surface area contributed by atoms with E-state index in [-0.39, 0.29) is 19.1 Å². The lowest BCUT2D eigenvalue weighted by molar-refractivity contribution is -0.142. The van der Waals surface area contributed by atoms with Crippen LogP contribution >= 0.6 is 0 Å². The average Bonchev–Trinajstić information content (AvgIpc) is 2.90. The fraction of sp³-hybridized carbons (Fsp3) is 0.556. The van der Waals surface area contributed by atoms with Gasteiger partial charge in [0.05, 0.1) is 6.54 Å². The Morgan fingerprint density at radius 2 is 1.96 bits per heavy atom. The van der Waals surface area contributed by atoms with Crippen LogP contribution in [0, 0.1) is 0 Å². The van der Waals surface area contributed by atoms with Crippen LogP contribution in [0.4, 0.5) is 4.79 Å². The van der Waals surface area contributed by atoms with Gasteiger partial charge in [-0.25, -0.2) is 9.59 Å². The molecule has 0 saturated carbocycles. The minimum Gasteiger partial charge on any atom is -0.488 e. The molecule has 1 N–H and O–H groups in total. The molecular weight excluding hydrogens is 310 g/mol. The SMILES string of the molecule is CCc1ccccc1OC1CC(C(=O)O)N(C(=O)OC(C)(C)C)C1. The highest BCUT2D eigenvalue weighted by Crippen LogP contribution is 2.27. The third-order valence-corrected chi connectivity index (χ3v) is 3.82. The molecule has 0 bridgehead atoms. The molecule has 0 radical (unpaired) electrons. The number of benzene rings is 1. The molecule has 0 aliphatic carbocycles. The second kappa shape index (κ2) is 7.11. The summed E-state index contributed by atoms with van der Waals surface area (Å²) in [5, 5.41) is 9.41. The number of ether oxygens (including phenoxy) is 2. The van der Waals surface area contributed by atoms with Crippen LogP contribution in [0.2, 0.25) is 0 Å². The number of aliphatic carboxylic acids is 1. The smallest absolute Gasteiger partial charge is 0.411 e. The average molecular weight is 335 g/mol. The van der Waals surface area contributed by atoms with E-state index in [9.17, 15) is 14.7 Å². The van der Waals surface area contributed by atoms with Crippen molar-refractivity contribution in [1.82, 2.24) is 4.90 Å². The van der Waals surface area contributed by atoms with Crippen molar-refractivity contribution in [3.05, 3.63) is 29.8 Å². The molecule has 132 valence electrons. The molecule has 6 heteroatoms. The Bertz CT molecular complexity index is 608. The van der Waals surface area contributed by atoms with Crippen molar-refractivity contribution < 1.29 is 24.2 Å². The topological polar surface area (TPSA) is 76.1 Å². The van der Waals surface area contributed by atoms with Gasteiger partial charge < -0.3 is 14.6 Å². The number of carbonyl (C=O) groups is 2. The van der Waals surface area contributed by atoms with Crippen LogP contribution < -0.4 is 4.74 Å². The maximum Gasteiger partial charge on any atom is 0.411 e. The van der Waals surface area contributed by atoms with E-state index in [1.54, 1.807) is 20.8 Å². The molecular formula is C18H25NO5. The molecule has 1 heterocycles. The van der Waals surface area contributed by atoms with E-state index >= 15 is 0 Å². The van der Waals surface area contributed by atoms with E-state index in [1.807, 2.05) is 31.2 Å². The van der Waals surface area contributed by atoms with Gasteiger partial charge in [0, 0.05) is 6.42 Å². The number of carbonyl (C=O) groups excluding carboxylic acids is 1. The van der Waals surface area contributed by atoms with Gasteiger partial charge in [-0.15, -0.1) is 0 Å². The molecule has 1 aliphatic rings. The number of hydrogen-bond acceptors (Lipinski definition) is 4.